The monoisotopic (exact) mass is 281 g/mol. The largest absolute Gasteiger partial charge is 0.465 e. The number of hydrogen-bond donors (Lipinski definition) is 0. The highest BCUT2D eigenvalue weighted by Gasteiger charge is 2.35. The molecule has 1 heterocycles. The van der Waals surface area contributed by atoms with E-state index >= 15 is 0 Å². The highest BCUT2D eigenvalue weighted by molar-refractivity contribution is 7.12. The third kappa shape index (κ3) is 3.35. The molecule has 0 saturated heterocycles. The Labute approximate surface area is 117 Å². The van der Waals surface area contributed by atoms with Crippen molar-refractivity contribution in [2.75, 3.05) is 13.2 Å². The summed E-state index contributed by atoms with van der Waals surface area (Å²) in [4.78, 5) is 26.6. The van der Waals surface area contributed by atoms with Crippen LogP contribution in [0, 0.1) is 0 Å². The normalized spacial score (nSPS) is 14.2. The van der Waals surface area contributed by atoms with Gasteiger partial charge in [-0.25, -0.2) is 0 Å². The summed E-state index contributed by atoms with van der Waals surface area (Å²) in [6, 6.07) is 2.19. The van der Waals surface area contributed by atoms with Gasteiger partial charge in [0.2, 0.25) is 0 Å². The molecule has 19 heavy (non-hydrogen) atoms. The summed E-state index contributed by atoms with van der Waals surface area (Å²) in [5.41, 5.74) is 1.06. The zero-order chi connectivity index (χ0) is 13.8. The molecule has 0 aliphatic heterocycles. The van der Waals surface area contributed by atoms with Crippen molar-refractivity contribution < 1.29 is 14.3 Å². The minimum absolute atomic E-state index is 0.0256. The first-order valence-electron chi connectivity index (χ1n) is 6.70. The molecule has 5 heteroatoms. The first-order chi connectivity index (χ1) is 9.17. The Kier molecular flexibility index (Phi) is 4.58. The Balaban J connectivity index is 2.10. The van der Waals surface area contributed by atoms with Crippen LogP contribution in [-0.2, 0) is 16.0 Å². The molecule has 104 valence electrons. The number of carbonyl (C=O) groups is 2. The summed E-state index contributed by atoms with van der Waals surface area (Å²) in [5.74, 6) is -0.347. The van der Waals surface area contributed by atoms with Crippen LogP contribution in [0.25, 0.3) is 0 Å². The van der Waals surface area contributed by atoms with Gasteiger partial charge in [0.1, 0.15) is 6.54 Å². The summed E-state index contributed by atoms with van der Waals surface area (Å²) < 4.78 is 4.94. The molecule has 0 unspecified atom stereocenters. The molecule has 1 saturated carbocycles. The van der Waals surface area contributed by atoms with E-state index in [1.54, 1.807) is 11.8 Å². The van der Waals surface area contributed by atoms with Crippen molar-refractivity contribution >= 4 is 23.2 Å². The first kappa shape index (κ1) is 14.1. The van der Waals surface area contributed by atoms with E-state index in [0.29, 0.717) is 6.61 Å². The van der Waals surface area contributed by atoms with E-state index in [2.05, 4.69) is 0 Å². The number of hydrogen-bond acceptors (Lipinski definition) is 4. The summed E-state index contributed by atoms with van der Waals surface area (Å²) in [7, 11) is 0. The third-order valence-electron chi connectivity index (χ3n) is 3.18. The van der Waals surface area contributed by atoms with E-state index < -0.39 is 0 Å². The number of amides is 1. The average Bonchev–Trinajstić information content (AvgIpc) is 3.12. The van der Waals surface area contributed by atoms with Crippen molar-refractivity contribution in [3.05, 3.63) is 21.9 Å². The number of aryl methyl sites for hydroxylation is 1. The minimum Gasteiger partial charge on any atom is -0.465 e. The number of ether oxygens (including phenoxy) is 1. The van der Waals surface area contributed by atoms with Crippen molar-refractivity contribution in [1.82, 2.24) is 4.90 Å². The van der Waals surface area contributed by atoms with Gasteiger partial charge in [-0.1, -0.05) is 6.92 Å². The second kappa shape index (κ2) is 6.19. The zero-order valence-corrected chi connectivity index (χ0v) is 12.2. The van der Waals surface area contributed by atoms with Crippen molar-refractivity contribution in [2.24, 2.45) is 0 Å². The van der Waals surface area contributed by atoms with Gasteiger partial charge in [0.25, 0.3) is 5.91 Å². The third-order valence-corrected chi connectivity index (χ3v) is 4.12. The summed E-state index contributed by atoms with van der Waals surface area (Å²) in [6.07, 6.45) is 2.80. The number of esters is 1. The van der Waals surface area contributed by atoms with E-state index in [1.165, 1.54) is 11.3 Å². The number of carbonyl (C=O) groups excluding carboxylic acids is 2. The van der Waals surface area contributed by atoms with Crippen LogP contribution < -0.4 is 0 Å². The zero-order valence-electron chi connectivity index (χ0n) is 11.3. The minimum atomic E-state index is -0.322. The van der Waals surface area contributed by atoms with Crippen molar-refractivity contribution in [2.45, 2.75) is 39.2 Å². The molecule has 1 aliphatic carbocycles. The van der Waals surface area contributed by atoms with E-state index in [4.69, 9.17) is 4.74 Å². The molecule has 1 amide bonds. The van der Waals surface area contributed by atoms with Crippen molar-refractivity contribution in [1.29, 1.82) is 0 Å². The van der Waals surface area contributed by atoms with Crippen LogP contribution in [-0.4, -0.2) is 36.0 Å². The second-order valence-corrected chi connectivity index (χ2v) is 5.51. The van der Waals surface area contributed by atoms with Gasteiger partial charge in [0, 0.05) is 6.04 Å². The van der Waals surface area contributed by atoms with E-state index in [1.807, 2.05) is 18.4 Å². The van der Waals surface area contributed by atoms with Crippen LogP contribution in [0.5, 0.6) is 0 Å². The highest BCUT2D eigenvalue weighted by Crippen LogP contribution is 2.30. The summed E-state index contributed by atoms with van der Waals surface area (Å²) >= 11 is 1.45. The van der Waals surface area contributed by atoms with E-state index in [9.17, 15) is 9.59 Å². The molecule has 0 spiro atoms. The van der Waals surface area contributed by atoms with Crippen LogP contribution in [0.1, 0.15) is 41.9 Å². The Morgan fingerprint density at radius 1 is 1.42 bits per heavy atom. The van der Waals surface area contributed by atoms with Gasteiger partial charge in [-0.3, -0.25) is 9.59 Å². The van der Waals surface area contributed by atoms with Gasteiger partial charge < -0.3 is 9.64 Å². The molecule has 1 fully saturated rings. The molecule has 4 nitrogen and oxygen atoms in total. The summed E-state index contributed by atoms with van der Waals surface area (Å²) in [5, 5.41) is 1.93. The fourth-order valence-corrected chi connectivity index (χ4v) is 2.98. The molecular formula is C14H19NO3S. The quantitative estimate of drug-likeness (QED) is 0.753. The predicted octanol–water partition coefficient (Wildman–Crippen LogP) is 2.48. The summed E-state index contributed by atoms with van der Waals surface area (Å²) in [6.45, 7) is 4.23. The van der Waals surface area contributed by atoms with Gasteiger partial charge in [-0.15, -0.1) is 11.3 Å². The molecule has 0 bridgehead atoms. The molecule has 0 N–H and O–H groups in total. The molecular weight excluding hydrogens is 262 g/mol. The van der Waals surface area contributed by atoms with Crippen LogP contribution in [0.4, 0.5) is 0 Å². The second-order valence-electron chi connectivity index (χ2n) is 4.60. The average molecular weight is 281 g/mol. The number of rotatable bonds is 6. The van der Waals surface area contributed by atoms with Crippen LogP contribution in [0.2, 0.25) is 0 Å². The lowest BCUT2D eigenvalue weighted by molar-refractivity contribution is -0.143. The van der Waals surface area contributed by atoms with Crippen LogP contribution >= 0.6 is 11.3 Å². The molecule has 0 radical (unpaired) electrons. The SMILES string of the molecule is CCOC(=O)CN(C(=O)c1sccc1CC)C1CC1. The molecule has 0 atom stereocenters. The standard InChI is InChI=1S/C14H19NO3S/c1-3-10-7-8-19-13(10)14(17)15(11-5-6-11)9-12(16)18-4-2/h7-8,11H,3-6,9H2,1-2H3. The number of nitrogens with zero attached hydrogens (tertiary/aromatic N) is 1. The van der Waals surface area contributed by atoms with Gasteiger partial charge in [0.05, 0.1) is 11.5 Å². The van der Waals surface area contributed by atoms with Gasteiger partial charge in [-0.2, -0.15) is 0 Å². The topological polar surface area (TPSA) is 46.6 Å². The van der Waals surface area contributed by atoms with E-state index in [0.717, 1.165) is 29.7 Å². The van der Waals surface area contributed by atoms with Crippen molar-refractivity contribution in [3.63, 3.8) is 0 Å². The molecule has 1 aromatic rings. The predicted molar refractivity (Wildman–Crippen MR) is 74.4 cm³/mol. The fraction of sp³-hybridized carbons (Fsp3) is 0.571. The number of thiophene rings is 1. The van der Waals surface area contributed by atoms with Crippen LogP contribution in [0.3, 0.4) is 0 Å². The van der Waals surface area contributed by atoms with E-state index in [-0.39, 0.29) is 24.5 Å². The maximum Gasteiger partial charge on any atom is 0.325 e. The fourth-order valence-electron chi connectivity index (χ4n) is 2.03. The Bertz CT molecular complexity index is 465. The highest BCUT2D eigenvalue weighted by atomic mass is 32.1. The molecule has 2 rings (SSSR count). The molecule has 0 aromatic carbocycles. The lowest BCUT2D eigenvalue weighted by Crippen LogP contribution is -2.38. The van der Waals surface area contributed by atoms with Crippen LogP contribution in [0.15, 0.2) is 11.4 Å². The van der Waals surface area contributed by atoms with Gasteiger partial charge in [0.15, 0.2) is 0 Å². The maximum absolute atomic E-state index is 12.5. The van der Waals surface area contributed by atoms with Gasteiger partial charge >= 0.3 is 5.97 Å². The Morgan fingerprint density at radius 2 is 2.16 bits per heavy atom. The Morgan fingerprint density at radius 3 is 2.74 bits per heavy atom. The Hall–Kier alpha value is -1.36. The lowest BCUT2D eigenvalue weighted by Gasteiger charge is -2.21. The molecule has 1 aromatic heterocycles. The first-order valence-corrected chi connectivity index (χ1v) is 7.58. The van der Waals surface area contributed by atoms with Crippen molar-refractivity contribution in [3.8, 4) is 0 Å². The molecule has 1 aliphatic rings. The smallest absolute Gasteiger partial charge is 0.325 e. The maximum atomic E-state index is 12.5. The van der Waals surface area contributed by atoms with Gasteiger partial charge in [-0.05, 0) is 43.2 Å². The lowest BCUT2D eigenvalue weighted by atomic mass is 10.2.